The number of nitrogens with zero attached hydrogens (tertiary/aromatic N) is 1. The van der Waals surface area contributed by atoms with Crippen LogP contribution >= 0.6 is 24.4 Å². The fourth-order valence-electron chi connectivity index (χ4n) is 1.42. The summed E-state index contributed by atoms with van der Waals surface area (Å²) in [4.78, 5) is 35.4. The van der Waals surface area contributed by atoms with Gasteiger partial charge in [0, 0.05) is 5.75 Å². The highest BCUT2D eigenvalue weighted by Gasteiger charge is 2.38. The van der Waals surface area contributed by atoms with Crippen molar-refractivity contribution < 1.29 is 19.5 Å². The molecular formula is C9H14N2O4S2. The van der Waals surface area contributed by atoms with E-state index in [1.165, 1.54) is 18.7 Å². The Morgan fingerprint density at radius 3 is 2.59 bits per heavy atom. The number of carbonyl (C=O) groups excluding carboxylic acids is 2. The maximum Gasteiger partial charge on any atom is 0.327 e. The van der Waals surface area contributed by atoms with Crippen molar-refractivity contribution in [3.8, 4) is 0 Å². The predicted octanol–water partition coefficient (Wildman–Crippen LogP) is -0.813. The Bertz CT molecular complexity index is 348. The van der Waals surface area contributed by atoms with Gasteiger partial charge in [0.25, 0.3) is 0 Å². The van der Waals surface area contributed by atoms with Crippen molar-refractivity contribution in [3.63, 3.8) is 0 Å². The second-order valence-corrected chi connectivity index (χ2v) is 5.49. The lowest BCUT2D eigenvalue weighted by atomic mass is 10.1. The normalized spacial score (nSPS) is 23.2. The summed E-state index contributed by atoms with van der Waals surface area (Å²) in [6, 6.07) is -2.23. The number of thiol groups is 1. The number of hydrogen-bond donors (Lipinski definition) is 3. The molecular weight excluding hydrogens is 264 g/mol. The van der Waals surface area contributed by atoms with E-state index in [0.29, 0.717) is 5.75 Å². The summed E-state index contributed by atoms with van der Waals surface area (Å²) in [6.45, 7) is 1.52. The second-order valence-electron chi connectivity index (χ2n) is 3.72. The van der Waals surface area contributed by atoms with Crippen molar-refractivity contribution in [2.75, 3.05) is 11.6 Å². The Morgan fingerprint density at radius 1 is 1.53 bits per heavy atom. The smallest absolute Gasteiger partial charge is 0.327 e. The van der Waals surface area contributed by atoms with Crippen molar-refractivity contribution in [2.24, 2.45) is 5.73 Å². The lowest BCUT2D eigenvalue weighted by Crippen LogP contribution is -2.53. The summed E-state index contributed by atoms with van der Waals surface area (Å²) in [5.41, 5.74) is 5.51. The summed E-state index contributed by atoms with van der Waals surface area (Å²) in [7, 11) is 0. The minimum atomic E-state index is -1.33. The highest BCUT2D eigenvalue weighted by atomic mass is 32.2. The van der Waals surface area contributed by atoms with Crippen LogP contribution < -0.4 is 5.73 Å². The van der Waals surface area contributed by atoms with Crippen LogP contribution in [0.4, 0.5) is 0 Å². The van der Waals surface area contributed by atoms with Crippen LogP contribution in [0, 0.1) is 0 Å². The summed E-state index contributed by atoms with van der Waals surface area (Å²) in [5.74, 6) is -1.66. The van der Waals surface area contributed by atoms with E-state index >= 15 is 0 Å². The van der Waals surface area contributed by atoms with Crippen LogP contribution in [0.25, 0.3) is 0 Å². The fraction of sp³-hybridized carbons (Fsp3) is 0.667. The first-order chi connectivity index (χ1) is 7.86. The van der Waals surface area contributed by atoms with Gasteiger partial charge in [0.2, 0.25) is 5.91 Å². The third-order valence-electron chi connectivity index (χ3n) is 2.43. The third kappa shape index (κ3) is 3.14. The van der Waals surface area contributed by atoms with Crippen molar-refractivity contribution >= 4 is 42.1 Å². The van der Waals surface area contributed by atoms with Gasteiger partial charge in [0.1, 0.15) is 12.1 Å². The molecule has 0 saturated carbocycles. The molecule has 3 atom stereocenters. The average molecular weight is 278 g/mol. The Kier molecular flexibility index (Phi) is 4.84. The van der Waals surface area contributed by atoms with E-state index in [9.17, 15) is 14.4 Å². The van der Waals surface area contributed by atoms with E-state index < -0.39 is 35.0 Å². The van der Waals surface area contributed by atoms with E-state index in [4.69, 9.17) is 10.8 Å². The molecule has 1 amide bonds. The monoisotopic (exact) mass is 278 g/mol. The van der Waals surface area contributed by atoms with Crippen LogP contribution in [-0.4, -0.2) is 56.6 Å². The maximum atomic E-state index is 11.9. The van der Waals surface area contributed by atoms with Gasteiger partial charge in [-0.2, -0.15) is 12.6 Å². The number of thioether (sulfide) groups is 1. The Morgan fingerprint density at radius 2 is 2.12 bits per heavy atom. The van der Waals surface area contributed by atoms with Gasteiger partial charge < -0.3 is 15.7 Å². The molecule has 0 aromatic carbocycles. The zero-order valence-corrected chi connectivity index (χ0v) is 10.9. The first kappa shape index (κ1) is 14.3. The molecule has 1 saturated heterocycles. The van der Waals surface area contributed by atoms with Crippen LogP contribution in [0.5, 0.6) is 0 Å². The molecule has 1 aliphatic rings. The van der Waals surface area contributed by atoms with Crippen LogP contribution in [0.2, 0.25) is 0 Å². The van der Waals surface area contributed by atoms with Crippen LogP contribution in [0.1, 0.15) is 6.92 Å². The van der Waals surface area contributed by atoms with Gasteiger partial charge >= 0.3 is 5.97 Å². The molecule has 0 aliphatic carbocycles. The van der Waals surface area contributed by atoms with Gasteiger partial charge in [0.05, 0.1) is 11.1 Å². The van der Waals surface area contributed by atoms with Crippen molar-refractivity contribution in [1.29, 1.82) is 0 Å². The number of ketones is 1. The van der Waals surface area contributed by atoms with Crippen molar-refractivity contribution in [2.45, 2.75) is 24.3 Å². The number of aliphatic carboxylic acids is 1. The molecule has 1 heterocycles. The van der Waals surface area contributed by atoms with E-state index in [0.717, 1.165) is 4.90 Å². The number of Topliss-reactive ketones (excluding diaryl/α,β-unsaturated/α-hetero) is 1. The number of nitrogens with two attached hydrogens (primary N) is 1. The summed E-state index contributed by atoms with van der Waals surface area (Å²) < 4.78 is 0. The topological polar surface area (TPSA) is 101 Å². The second kappa shape index (κ2) is 5.74. The number of carboxylic acid groups (broad SMARTS) is 1. The van der Waals surface area contributed by atoms with Gasteiger partial charge in [-0.15, -0.1) is 11.8 Å². The number of rotatable bonds is 4. The first-order valence-electron chi connectivity index (χ1n) is 4.94. The van der Waals surface area contributed by atoms with Gasteiger partial charge in [0.15, 0.2) is 5.78 Å². The lowest BCUT2D eigenvalue weighted by molar-refractivity contribution is -0.149. The summed E-state index contributed by atoms with van der Waals surface area (Å²) in [6.07, 6.45) is 0. The lowest BCUT2D eigenvalue weighted by Gasteiger charge is -2.23. The number of carbonyl (C=O) groups is 3. The molecule has 17 heavy (non-hydrogen) atoms. The summed E-state index contributed by atoms with van der Waals surface area (Å²) in [5, 5.41) is 8.27. The van der Waals surface area contributed by atoms with Crippen LogP contribution in [-0.2, 0) is 14.4 Å². The molecule has 1 fully saturated rings. The Labute approximate surface area is 108 Å². The molecule has 1 rings (SSSR count). The quantitative estimate of drug-likeness (QED) is 0.459. The molecule has 3 N–H and O–H groups in total. The zero-order valence-electron chi connectivity index (χ0n) is 9.20. The van der Waals surface area contributed by atoms with Gasteiger partial charge in [-0.1, -0.05) is 0 Å². The molecule has 6 nitrogen and oxygen atoms in total. The molecule has 1 aliphatic heterocycles. The zero-order chi connectivity index (χ0) is 13.2. The molecule has 0 aromatic rings. The highest BCUT2D eigenvalue weighted by Crippen LogP contribution is 2.22. The summed E-state index contributed by atoms with van der Waals surface area (Å²) >= 11 is 5.23. The Balaban J connectivity index is 2.76. The van der Waals surface area contributed by atoms with Gasteiger partial charge in [-0.3, -0.25) is 9.59 Å². The SMILES string of the molecule is CC(S)C(=O)[C@@H](N)C(=O)N1CSC[C@H]1C(=O)O. The number of hydrogen-bond acceptors (Lipinski definition) is 6. The Hall–Kier alpha value is -0.730. The first-order valence-corrected chi connectivity index (χ1v) is 6.61. The van der Waals surface area contributed by atoms with E-state index in [-0.39, 0.29) is 5.88 Å². The van der Waals surface area contributed by atoms with Crippen LogP contribution in [0.15, 0.2) is 0 Å². The predicted molar refractivity (Wildman–Crippen MR) is 67.0 cm³/mol. The fourth-order valence-corrected chi connectivity index (χ4v) is 2.74. The minimum Gasteiger partial charge on any atom is -0.480 e. The molecule has 1 unspecified atom stereocenters. The molecule has 96 valence electrons. The van der Waals surface area contributed by atoms with E-state index in [1.807, 2.05) is 0 Å². The molecule has 0 radical (unpaired) electrons. The van der Waals surface area contributed by atoms with Crippen LogP contribution in [0.3, 0.4) is 0 Å². The van der Waals surface area contributed by atoms with Gasteiger partial charge in [-0.05, 0) is 6.92 Å². The van der Waals surface area contributed by atoms with Crippen molar-refractivity contribution in [1.82, 2.24) is 4.90 Å². The molecule has 0 aromatic heterocycles. The molecule has 0 spiro atoms. The van der Waals surface area contributed by atoms with E-state index in [2.05, 4.69) is 12.6 Å². The maximum absolute atomic E-state index is 11.9. The molecule has 0 bridgehead atoms. The third-order valence-corrected chi connectivity index (χ3v) is 3.70. The molecule has 8 heteroatoms. The number of amides is 1. The highest BCUT2D eigenvalue weighted by molar-refractivity contribution is 7.99. The van der Waals surface area contributed by atoms with Crippen molar-refractivity contribution in [3.05, 3.63) is 0 Å². The number of carboxylic acids is 1. The minimum absolute atomic E-state index is 0.248. The largest absolute Gasteiger partial charge is 0.480 e. The standard InChI is InChI=1S/C9H14N2O4S2/c1-4(16)7(12)6(10)8(13)11-3-17-2-5(11)9(14)15/h4-6,16H,2-3,10H2,1H3,(H,14,15)/t4?,5-,6+/m0/s1. The van der Waals surface area contributed by atoms with Gasteiger partial charge in [-0.25, -0.2) is 4.79 Å². The van der Waals surface area contributed by atoms with E-state index in [1.54, 1.807) is 0 Å². The average Bonchev–Trinajstić information content (AvgIpc) is 2.74.